The third kappa shape index (κ3) is 12.3. The number of halogens is 3. The minimum atomic E-state index is -0.405. The first-order valence-corrected chi connectivity index (χ1v) is 24.2. The van der Waals surface area contributed by atoms with E-state index in [0.29, 0.717) is 37.4 Å². The van der Waals surface area contributed by atoms with Crippen LogP contribution in [0.15, 0.2) is 77.8 Å². The Hall–Kier alpha value is -4.87. The lowest BCUT2D eigenvalue weighted by atomic mass is 9.84. The second kappa shape index (κ2) is 22.4. The second-order valence-corrected chi connectivity index (χ2v) is 19.6. The minimum absolute atomic E-state index is 0.147. The van der Waals surface area contributed by atoms with Gasteiger partial charge in [-0.1, -0.05) is 43.0 Å². The fraction of sp³-hybridized carbons (Fsp3) is 0.422. The van der Waals surface area contributed by atoms with Crippen molar-refractivity contribution in [3.8, 4) is 0 Å². The van der Waals surface area contributed by atoms with E-state index in [-0.39, 0.29) is 42.2 Å². The van der Waals surface area contributed by atoms with Crippen LogP contribution in [0.25, 0.3) is 0 Å². The van der Waals surface area contributed by atoms with Gasteiger partial charge in [0.2, 0.25) is 5.24 Å². The fourth-order valence-corrected chi connectivity index (χ4v) is 9.49. The third-order valence-corrected chi connectivity index (χ3v) is 14.1. The number of benzene rings is 2. The van der Waals surface area contributed by atoms with Crippen molar-refractivity contribution in [3.63, 3.8) is 0 Å². The van der Waals surface area contributed by atoms with Crippen LogP contribution in [0.3, 0.4) is 0 Å². The summed E-state index contributed by atoms with van der Waals surface area (Å²) >= 11 is 19.3. The Morgan fingerprint density at radius 2 is 1.19 bits per heavy atom. The first-order valence-electron chi connectivity index (χ1n) is 21.4. The van der Waals surface area contributed by atoms with Gasteiger partial charge in [-0.3, -0.25) is 29.2 Å². The van der Waals surface area contributed by atoms with Gasteiger partial charge in [0.1, 0.15) is 18.0 Å². The number of amides is 4. The molecular formula is C45H50Cl3N7O7S2. The fourth-order valence-electron chi connectivity index (χ4n) is 7.36. The van der Waals surface area contributed by atoms with Gasteiger partial charge in [0.25, 0.3) is 11.8 Å². The van der Waals surface area contributed by atoms with Crippen molar-refractivity contribution >= 4 is 115 Å². The summed E-state index contributed by atoms with van der Waals surface area (Å²) in [6.07, 6.45) is 6.41. The lowest BCUT2D eigenvalue weighted by molar-refractivity contribution is -0.117. The molecule has 4 aromatic rings. The van der Waals surface area contributed by atoms with Gasteiger partial charge in [0, 0.05) is 47.7 Å². The highest BCUT2D eigenvalue weighted by molar-refractivity contribution is 7.18. The van der Waals surface area contributed by atoms with Crippen LogP contribution < -0.4 is 30.7 Å². The summed E-state index contributed by atoms with van der Waals surface area (Å²) in [5, 5.41) is 8.73. The molecule has 4 amide bonds. The maximum absolute atomic E-state index is 12.4. The zero-order valence-corrected chi connectivity index (χ0v) is 39.1. The maximum atomic E-state index is 12.4. The van der Waals surface area contributed by atoms with Crippen LogP contribution in [0.1, 0.15) is 71.2 Å². The molecule has 340 valence electrons. The summed E-state index contributed by atoms with van der Waals surface area (Å²) in [5.41, 5.74) is 3.68. The smallest absolute Gasteiger partial charge is 0.414 e. The molecule has 19 heteroatoms. The number of nitrogens with one attached hydrogen (secondary N) is 3. The number of carbonyl (C=O) groups excluding carboxylic acids is 5. The van der Waals surface area contributed by atoms with E-state index in [1.165, 1.54) is 54.2 Å². The van der Waals surface area contributed by atoms with E-state index in [9.17, 15) is 24.0 Å². The van der Waals surface area contributed by atoms with Crippen molar-refractivity contribution in [2.24, 2.45) is 16.8 Å². The number of cyclic esters (lactones) is 2. The number of thiophene rings is 2. The summed E-state index contributed by atoms with van der Waals surface area (Å²) in [6, 6.07) is 22.3. The molecule has 64 heavy (non-hydrogen) atoms. The SMILES string of the molecule is CCCNc1ccc(N2C[C@H](CNC(=O)c3ccc(Cl)s3)OC2=O)cc1.O=C(Cl)C1CCC1.O=C(NC[C@H]1CN(c2ccc(N3CCN=C3C3CCC3)cc2)C(=O)O1)c1ccc(Cl)s1. The molecule has 2 aromatic heterocycles. The first-order chi connectivity index (χ1) is 30.9. The second-order valence-electron chi connectivity index (χ2n) is 15.8. The number of aliphatic imine (C=N–C) groups is 1. The Morgan fingerprint density at radius 1 is 0.703 bits per heavy atom. The van der Waals surface area contributed by atoms with Gasteiger partial charge in [-0.05, 0) is 117 Å². The van der Waals surface area contributed by atoms with E-state index >= 15 is 0 Å². The topological polar surface area (TPSA) is 162 Å². The molecule has 4 fully saturated rings. The molecule has 2 aromatic carbocycles. The summed E-state index contributed by atoms with van der Waals surface area (Å²) in [6.45, 7) is 6.06. The maximum Gasteiger partial charge on any atom is 0.414 e. The summed E-state index contributed by atoms with van der Waals surface area (Å²) in [7, 11) is 0. The number of hydrogen-bond donors (Lipinski definition) is 3. The van der Waals surface area contributed by atoms with E-state index in [1.54, 1.807) is 34.1 Å². The van der Waals surface area contributed by atoms with Crippen molar-refractivity contribution in [1.29, 1.82) is 0 Å². The zero-order chi connectivity index (χ0) is 45.2. The minimum Gasteiger partial charge on any atom is -0.442 e. The monoisotopic (exact) mass is 969 g/mol. The van der Waals surface area contributed by atoms with Crippen molar-refractivity contribution < 1.29 is 33.4 Å². The van der Waals surface area contributed by atoms with Gasteiger partial charge in [0.15, 0.2) is 0 Å². The number of carbonyl (C=O) groups is 5. The van der Waals surface area contributed by atoms with Crippen LogP contribution in [0.4, 0.5) is 32.3 Å². The summed E-state index contributed by atoms with van der Waals surface area (Å²) in [5.74, 6) is 1.58. The van der Waals surface area contributed by atoms with Crippen LogP contribution in [-0.2, 0) is 14.3 Å². The summed E-state index contributed by atoms with van der Waals surface area (Å²) in [4.78, 5) is 70.2. The average Bonchev–Trinajstić information content (AvgIpc) is 4.11. The lowest BCUT2D eigenvalue weighted by Crippen LogP contribution is -2.36. The normalized spacial score (nSPS) is 19.2. The van der Waals surface area contributed by atoms with Crippen molar-refractivity contribution in [2.75, 3.05) is 65.8 Å². The molecule has 0 bridgehead atoms. The van der Waals surface area contributed by atoms with Crippen LogP contribution >= 0.6 is 57.5 Å². The zero-order valence-electron chi connectivity index (χ0n) is 35.2. The molecule has 2 saturated carbocycles. The molecule has 2 atom stereocenters. The van der Waals surface area contributed by atoms with Gasteiger partial charge in [-0.15, -0.1) is 22.7 Å². The predicted molar refractivity (Wildman–Crippen MR) is 255 cm³/mol. The Labute approximate surface area is 395 Å². The Kier molecular flexibility index (Phi) is 16.5. The van der Waals surface area contributed by atoms with E-state index in [0.717, 1.165) is 61.6 Å². The largest absolute Gasteiger partial charge is 0.442 e. The molecule has 3 aliphatic heterocycles. The standard InChI is InChI=1S/C22H23ClN4O3S.C18H20ClN3O3S.C5H7ClO/c23-19-9-8-18(31-19)21(28)25-12-17-13-27(22(29)30-17)16-6-4-15(5-7-16)26-11-10-24-20(26)14-2-1-3-14;1-2-9-20-12-3-5-13(6-4-12)22-11-14(25-18(22)24)10-21-17(23)15-7-8-16(19)26-15;6-5(7)4-2-1-3-4/h4-9,14,17H,1-3,10-13H2,(H,25,28);3-8,14,20H,2,9-11H2,1H3,(H,21,23);4H,1-3H2/t17-;14-;/m00./s1. The Morgan fingerprint density at radius 3 is 1.58 bits per heavy atom. The van der Waals surface area contributed by atoms with Crippen LogP contribution in [0.2, 0.25) is 8.67 Å². The molecule has 0 spiro atoms. The van der Waals surface area contributed by atoms with Crippen LogP contribution in [0.5, 0.6) is 0 Å². The van der Waals surface area contributed by atoms with E-state index in [2.05, 4.69) is 27.8 Å². The molecular weight excluding hydrogens is 921 g/mol. The number of ether oxygens (including phenoxy) is 2. The van der Waals surface area contributed by atoms with Gasteiger partial charge >= 0.3 is 12.2 Å². The first kappa shape index (κ1) is 47.1. The third-order valence-electron chi connectivity index (χ3n) is 11.3. The molecule has 5 aliphatic rings. The van der Waals surface area contributed by atoms with Crippen LogP contribution in [0, 0.1) is 11.8 Å². The van der Waals surface area contributed by atoms with Gasteiger partial charge in [-0.25, -0.2) is 9.59 Å². The van der Waals surface area contributed by atoms with Crippen LogP contribution in [-0.4, -0.2) is 93.1 Å². The number of rotatable bonds is 14. The molecule has 14 nitrogen and oxygen atoms in total. The van der Waals surface area contributed by atoms with E-state index < -0.39 is 18.3 Å². The summed E-state index contributed by atoms with van der Waals surface area (Å²) < 4.78 is 11.9. The lowest BCUT2D eigenvalue weighted by Gasteiger charge is -2.32. The van der Waals surface area contributed by atoms with Gasteiger partial charge in [-0.2, -0.15) is 0 Å². The Bertz CT molecular complexity index is 2300. The van der Waals surface area contributed by atoms with E-state index in [1.807, 2.05) is 48.5 Å². The quantitative estimate of drug-likeness (QED) is 0.105. The number of nitrogens with zero attached hydrogens (tertiary/aromatic N) is 4. The molecule has 9 rings (SSSR count). The molecule has 3 N–H and O–H groups in total. The van der Waals surface area contributed by atoms with Crippen molar-refractivity contribution in [3.05, 3.63) is 91.2 Å². The molecule has 0 unspecified atom stereocenters. The molecule has 0 radical (unpaired) electrons. The molecule has 2 aliphatic carbocycles. The average molecular weight is 971 g/mol. The van der Waals surface area contributed by atoms with Gasteiger partial charge in [0.05, 0.1) is 51.2 Å². The van der Waals surface area contributed by atoms with Gasteiger partial charge < -0.3 is 30.3 Å². The number of hydrogen-bond acceptors (Lipinski definition) is 12. The highest BCUT2D eigenvalue weighted by Gasteiger charge is 2.35. The number of anilines is 4. The van der Waals surface area contributed by atoms with E-state index in [4.69, 9.17) is 49.3 Å². The number of amidine groups is 1. The highest BCUT2D eigenvalue weighted by atomic mass is 35.5. The molecule has 2 saturated heterocycles. The Balaban J connectivity index is 0.000000168. The predicted octanol–water partition coefficient (Wildman–Crippen LogP) is 9.71. The van der Waals surface area contributed by atoms with Crippen molar-refractivity contribution in [2.45, 2.75) is 64.1 Å². The van der Waals surface area contributed by atoms with Crippen molar-refractivity contribution in [1.82, 2.24) is 10.6 Å². The highest BCUT2D eigenvalue weighted by Crippen LogP contribution is 2.34. The molecule has 5 heterocycles.